The molecule has 0 saturated carbocycles. The van der Waals surface area contributed by atoms with Crippen LogP contribution in [0.3, 0.4) is 0 Å². The zero-order valence-electron chi connectivity index (χ0n) is 9.96. The van der Waals surface area contributed by atoms with Gasteiger partial charge in [0.05, 0.1) is 6.54 Å². The Labute approximate surface area is 104 Å². The average Bonchev–Trinajstić information content (AvgIpc) is 2.82. The summed E-state index contributed by atoms with van der Waals surface area (Å²) in [6, 6.07) is 8.46. The molecular formula is C12H14N4O2. The van der Waals surface area contributed by atoms with E-state index < -0.39 is 6.04 Å². The Morgan fingerprint density at radius 3 is 2.78 bits per heavy atom. The highest BCUT2D eigenvalue weighted by molar-refractivity contribution is 5.82. The largest absolute Gasteiger partial charge is 0.345 e. The lowest BCUT2D eigenvalue weighted by molar-refractivity contribution is -0.122. The summed E-state index contributed by atoms with van der Waals surface area (Å²) in [7, 11) is 0. The van der Waals surface area contributed by atoms with Crippen LogP contribution >= 0.6 is 0 Å². The van der Waals surface area contributed by atoms with E-state index >= 15 is 0 Å². The number of aryl methyl sites for hydroxylation is 1. The average molecular weight is 246 g/mol. The zero-order chi connectivity index (χ0) is 13.0. The first-order valence-electron chi connectivity index (χ1n) is 5.54. The molecule has 1 amide bonds. The molecule has 6 nitrogen and oxygen atoms in total. The van der Waals surface area contributed by atoms with E-state index in [4.69, 9.17) is 10.3 Å². The second-order valence-electron chi connectivity index (χ2n) is 3.84. The molecule has 0 aliphatic rings. The van der Waals surface area contributed by atoms with Crippen LogP contribution in [0.25, 0.3) is 0 Å². The molecule has 0 unspecified atom stereocenters. The maximum Gasteiger partial charge on any atom is 0.246 e. The maximum absolute atomic E-state index is 11.8. The maximum atomic E-state index is 11.8. The lowest BCUT2D eigenvalue weighted by atomic mass is 10.1. The van der Waals surface area contributed by atoms with E-state index in [1.54, 1.807) is 19.1 Å². The van der Waals surface area contributed by atoms with Crippen molar-refractivity contribution in [1.82, 2.24) is 15.5 Å². The van der Waals surface area contributed by atoms with Gasteiger partial charge in [-0.3, -0.25) is 4.79 Å². The fourth-order valence-electron chi connectivity index (χ4n) is 1.50. The minimum Gasteiger partial charge on any atom is -0.345 e. The number of nitrogens with one attached hydrogen (secondary N) is 1. The summed E-state index contributed by atoms with van der Waals surface area (Å²) in [5, 5.41) is 6.28. The Kier molecular flexibility index (Phi) is 3.69. The quantitative estimate of drug-likeness (QED) is 0.827. The molecule has 1 atom stereocenters. The number of hydrogen-bond acceptors (Lipinski definition) is 5. The van der Waals surface area contributed by atoms with Gasteiger partial charge in [0.2, 0.25) is 11.8 Å². The van der Waals surface area contributed by atoms with Gasteiger partial charge in [0, 0.05) is 0 Å². The molecule has 6 heteroatoms. The molecule has 2 rings (SSSR count). The van der Waals surface area contributed by atoms with Crippen LogP contribution in [-0.2, 0) is 11.3 Å². The third-order valence-corrected chi connectivity index (χ3v) is 2.42. The minimum absolute atomic E-state index is 0.181. The Bertz CT molecular complexity index is 524. The summed E-state index contributed by atoms with van der Waals surface area (Å²) in [6.07, 6.45) is 0. The van der Waals surface area contributed by atoms with Crippen molar-refractivity contribution in [2.45, 2.75) is 19.5 Å². The van der Waals surface area contributed by atoms with Crippen molar-refractivity contribution in [2.75, 3.05) is 0 Å². The highest BCUT2D eigenvalue weighted by Crippen LogP contribution is 2.09. The van der Waals surface area contributed by atoms with E-state index in [0.29, 0.717) is 11.7 Å². The molecule has 0 saturated heterocycles. The zero-order valence-corrected chi connectivity index (χ0v) is 9.96. The SMILES string of the molecule is Cc1noc(CNC(=O)[C@H](N)c2ccccc2)n1. The fraction of sp³-hybridized carbons (Fsp3) is 0.250. The topological polar surface area (TPSA) is 94.0 Å². The van der Waals surface area contributed by atoms with Crippen molar-refractivity contribution in [3.8, 4) is 0 Å². The summed E-state index contributed by atoms with van der Waals surface area (Å²) in [5.41, 5.74) is 6.59. The summed E-state index contributed by atoms with van der Waals surface area (Å²) in [6.45, 7) is 1.89. The van der Waals surface area contributed by atoms with Crippen LogP contribution in [0.4, 0.5) is 0 Å². The Morgan fingerprint density at radius 1 is 1.44 bits per heavy atom. The predicted octanol–water partition coefficient (Wildman–Crippen LogP) is 0.694. The number of rotatable bonds is 4. The van der Waals surface area contributed by atoms with Crippen LogP contribution in [0.15, 0.2) is 34.9 Å². The van der Waals surface area contributed by atoms with Gasteiger partial charge in [-0.15, -0.1) is 0 Å². The van der Waals surface area contributed by atoms with Crippen LogP contribution in [0.1, 0.15) is 23.3 Å². The first-order chi connectivity index (χ1) is 8.66. The van der Waals surface area contributed by atoms with Gasteiger partial charge in [0.1, 0.15) is 6.04 Å². The lowest BCUT2D eigenvalue weighted by Gasteiger charge is -2.11. The molecule has 3 N–H and O–H groups in total. The van der Waals surface area contributed by atoms with Gasteiger partial charge < -0.3 is 15.6 Å². The number of aromatic nitrogens is 2. The molecule has 1 heterocycles. The monoisotopic (exact) mass is 246 g/mol. The molecule has 0 aliphatic carbocycles. The fourth-order valence-corrected chi connectivity index (χ4v) is 1.50. The standard InChI is InChI=1S/C12H14N4O2/c1-8-15-10(18-16-8)7-14-12(17)11(13)9-5-3-2-4-6-9/h2-6,11H,7,13H2,1H3,(H,14,17)/t11-/m1/s1. The summed E-state index contributed by atoms with van der Waals surface area (Å²) < 4.78 is 4.88. The molecule has 2 aromatic rings. The molecule has 0 fully saturated rings. The lowest BCUT2D eigenvalue weighted by Crippen LogP contribution is -2.33. The number of carbonyl (C=O) groups excluding carboxylic acids is 1. The molecule has 0 aliphatic heterocycles. The molecule has 1 aromatic carbocycles. The third-order valence-electron chi connectivity index (χ3n) is 2.42. The van der Waals surface area contributed by atoms with Gasteiger partial charge in [0.25, 0.3) is 0 Å². The van der Waals surface area contributed by atoms with Crippen LogP contribution in [0.2, 0.25) is 0 Å². The molecule has 0 bridgehead atoms. The van der Waals surface area contributed by atoms with Crippen molar-refractivity contribution < 1.29 is 9.32 Å². The second kappa shape index (κ2) is 5.42. The van der Waals surface area contributed by atoms with Gasteiger partial charge in [-0.1, -0.05) is 35.5 Å². The summed E-state index contributed by atoms with van der Waals surface area (Å²) >= 11 is 0. The van der Waals surface area contributed by atoms with E-state index in [-0.39, 0.29) is 12.5 Å². The van der Waals surface area contributed by atoms with Crippen molar-refractivity contribution in [2.24, 2.45) is 5.73 Å². The second-order valence-corrected chi connectivity index (χ2v) is 3.84. The molecular weight excluding hydrogens is 232 g/mol. The molecule has 1 aromatic heterocycles. The first kappa shape index (κ1) is 12.3. The number of hydrogen-bond donors (Lipinski definition) is 2. The normalized spacial score (nSPS) is 12.1. The Hall–Kier alpha value is -2.21. The Balaban J connectivity index is 1.92. The van der Waals surface area contributed by atoms with E-state index in [9.17, 15) is 4.79 Å². The summed E-state index contributed by atoms with van der Waals surface area (Å²) in [5.74, 6) is 0.616. The molecule has 0 radical (unpaired) electrons. The van der Waals surface area contributed by atoms with Gasteiger partial charge >= 0.3 is 0 Å². The first-order valence-corrected chi connectivity index (χ1v) is 5.54. The van der Waals surface area contributed by atoms with Crippen LogP contribution in [-0.4, -0.2) is 16.0 Å². The van der Waals surface area contributed by atoms with E-state index in [1.807, 2.05) is 18.2 Å². The number of amides is 1. The van der Waals surface area contributed by atoms with Gasteiger partial charge in [-0.25, -0.2) is 0 Å². The molecule has 94 valence electrons. The molecule has 0 spiro atoms. The highest BCUT2D eigenvalue weighted by atomic mass is 16.5. The van der Waals surface area contributed by atoms with Crippen molar-refractivity contribution in [3.05, 3.63) is 47.6 Å². The van der Waals surface area contributed by atoms with Gasteiger partial charge in [-0.05, 0) is 12.5 Å². The number of carbonyl (C=O) groups is 1. The smallest absolute Gasteiger partial charge is 0.246 e. The number of nitrogens with two attached hydrogens (primary N) is 1. The Morgan fingerprint density at radius 2 is 2.17 bits per heavy atom. The van der Waals surface area contributed by atoms with Crippen molar-refractivity contribution in [1.29, 1.82) is 0 Å². The number of nitrogens with zero attached hydrogens (tertiary/aromatic N) is 2. The minimum atomic E-state index is -0.699. The number of benzene rings is 1. The van der Waals surface area contributed by atoms with Crippen LogP contribution in [0.5, 0.6) is 0 Å². The van der Waals surface area contributed by atoms with Gasteiger partial charge in [-0.2, -0.15) is 4.98 Å². The van der Waals surface area contributed by atoms with E-state index in [2.05, 4.69) is 15.5 Å². The van der Waals surface area contributed by atoms with E-state index in [0.717, 1.165) is 5.56 Å². The van der Waals surface area contributed by atoms with E-state index in [1.165, 1.54) is 0 Å². The predicted molar refractivity (Wildman–Crippen MR) is 64.3 cm³/mol. The third kappa shape index (κ3) is 2.92. The molecule has 18 heavy (non-hydrogen) atoms. The summed E-state index contributed by atoms with van der Waals surface area (Å²) in [4.78, 5) is 15.8. The van der Waals surface area contributed by atoms with Crippen LogP contribution < -0.4 is 11.1 Å². The van der Waals surface area contributed by atoms with Gasteiger partial charge in [0.15, 0.2) is 5.82 Å². The van der Waals surface area contributed by atoms with Crippen molar-refractivity contribution >= 4 is 5.91 Å². The van der Waals surface area contributed by atoms with Crippen LogP contribution in [0, 0.1) is 6.92 Å². The van der Waals surface area contributed by atoms with Crippen molar-refractivity contribution in [3.63, 3.8) is 0 Å². The highest BCUT2D eigenvalue weighted by Gasteiger charge is 2.15.